The van der Waals surface area contributed by atoms with Crippen molar-refractivity contribution in [2.75, 3.05) is 5.32 Å². The molecule has 0 amide bonds. The molecule has 0 aromatic heterocycles. The zero-order valence-corrected chi connectivity index (χ0v) is 13.3. The van der Waals surface area contributed by atoms with Crippen LogP contribution in [0, 0.1) is 10.1 Å². The molecule has 0 saturated heterocycles. The molecule has 0 unspecified atom stereocenters. The molecule has 0 aliphatic carbocycles. The number of nitrogens with one attached hydrogen (secondary N) is 1. The van der Waals surface area contributed by atoms with Crippen LogP contribution >= 0.6 is 0 Å². The van der Waals surface area contributed by atoms with Gasteiger partial charge in [0.2, 0.25) is 0 Å². The number of nitrogens with zero attached hydrogens (tertiary/aromatic N) is 1. The Morgan fingerprint density at radius 2 is 1.72 bits per heavy atom. The van der Waals surface area contributed by atoms with Crippen LogP contribution < -0.4 is 10.1 Å². The second kappa shape index (κ2) is 7.35. The maximum absolute atomic E-state index is 11.1. The molecule has 0 spiro atoms. The maximum atomic E-state index is 11.1. The van der Waals surface area contributed by atoms with Crippen molar-refractivity contribution in [1.82, 2.24) is 0 Å². The Morgan fingerprint density at radius 3 is 2.40 bits per heavy atom. The first-order chi connectivity index (χ1) is 12.1. The van der Waals surface area contributed by atoms with Crippen LogP contribution in [0.2, 0.25) is 0 Å². The van der Waals surface area contributed by atoms with Crippen molar-refractivity contribution in [2.24, 2.45) is 0 Å². The lowest BCUT2D eigenvalue weighted by molar-refractivity contribution is -0.383. The van der Waals surface area contributed by atoms with Crippen molar-refractivity contribution in [3.8, 4) is 11.5 Å². The average molecular weight is 336 g/mol. The monoisotopic (exact) mass is 336 g/mol. The van der Waals surface area contributed by atoms with E-state index < -0.39 is 4.92 Å². The van der Waals surface area contributed by atoms with Crippen LogP contribution in [0.5, 0.6) is 11.5 Å². The van der Waals surface area contributed by atoms with Gasteiger partial charge in [0.25, 0.3) is 5.69 Å². The Bertz CT molecular complexity index is 864. The van der Waals surface area contributed by atoms with Crippen LogP contribution in [-0.4, -0.2) is 10.0 Å². The third-order valence-electron chi connectivity index (χ3n) is 3.56. The highest BCUT2D eigenvalue weighted by Crippen LogP contribution is 2.31. The molecular weight excluding hydrogens is 320 g/mol. The van der Waals surface area contributed by atoms with E-state index in [1.54, 1.807) is 24.3 Å². The van der Waals surface area contributed by atoms with Gasteiger partial charge in [-0.05, 0) is 35.9 Å². The summed E-state index contributed by atoms with van der Waals surface area (Å²) in [5, 5.41) is 23.5. The predicted molar refractivity (Wildman–Crippen MR) is 95.3 cm³/mol. The first-order valence-corrected chi connectivity index (χ1v) is 7.63. The second-order valence-corrected chi connectivity index (χ2v) is 5.38. The SMILES string of the molecule is O=[N+]([O-])c1ccc(O)cc1Nc1ccc(OCc2ccccc2)cc1. The number of phenolic OH excluding ortho intramolecular Hbond substituents is 1. The first kappa shape index (κ1) is 16.3. The molecule has 6 nitrogen and oxygen atoms in total. The molecule has 3 aromatic rings. The fourth-order valence-corrected chi connectivity index (χ4v) is 2.31. The summed E-state index contributed by atoms with van der Waals surface area (Å²) in [6.07, 6.45) is 0. The fraction of sp³-hybridized carbons (Fsp3) is 0.0526. The number of hydrogen-bond acceptors (Lipinski definition) is 5. The van der Waals surface area contributed by atoms with Gasteiger partial charge in [0.1, 0.15) is 23.8 Å². The second-order valence-electron chi connectivity index (χ2n) is 5.38. The molecule has 0 aliphatic rings. The minimum absolute atomic E-state index is 0.0454. The molecule has 0 bridgehead atoms. The predicted octanol–water partition coefficient (Wildman–Crippen LogP) is 4.62. The lowest BCUT2D eigenvalue weighted by Crippen LogP contribution is -1.98. The fourth-order valence-electron chi connectivity index (χ4n) is 2.31. The Labute approximate surface area is 144 Å². The van der Waals surface area contributed by atoms with Gasteiger partial charge in [-0.3, -0.25) is 10.1 Å². The van der Waals surface area contributed by atoms with E-state index in [1.165, 1.54) is 18.2 Å². The molecule has 0 aliphatic heterocycles. The number of aromatic hydroxyl groups is 1. The van der Waals surface area contributed by atoms with E-state index in [9.17, 15) is 15.2 Å². The van der Waals surface area contributed by atoms with Crippen molar-refractivity contribution < 1.29 is 14.8 Å². The third kappa shape index (κ3) is 4.26. The van der Waals surface area contributed by atoms with Crippen LogP contribution in [0.4, 0.5) is 17.1 Å². The number of nitro groups is 1. The Hall–Kier alpha value is -3.54. The van der Waals surface area contributed by atoms with E-state index >= 15 is 0 Å². The quantitative estimate of drug-likeness (QED) is 0.507. The largest absolute Gasteiger partial charge is 0.508 e. The van der Waals surface area contributed by atoms with Crippen molar-refractivity contribution in [3.05, 3.63) is 88.5 Å². The molecular formula is C19H16N2O4. The van der Waals surface area contributed by atoms with E-state index in [0.717, 1.165) is 5.56 Å². The van der Waals surface area contributed by atoms with E-state index in [-0.39, 0.29) is 17.1 Å². The molecule has 6 heteroatoms. The van der Waals surface area contributed by atoms with Crippen LogP contribution in [0.3, 0.4) is 0 Å². The summed E-state index contributed by atoms with van der Waals surface area (Å²) in [7, 11) is 0. The molecule has 0 radical (unpaired) electrons. The highest BCUT2D eigenvalue weighted by Gasteiger charge is 2.14. The van der Waals surface area contributed by atoms with Gasteiger partial charge >= 0.3 is 0 Å². The minimum atomic E-state index is -0.501. The third-order valence-corrected chi connectivity index (χ3v) is 3.56. The summed E-state index contributed by atoms with van der Waals surface area (Å²) < 4.78 is 5.70. The van der Waals surface area contributed by atoms with Crippen molar-refractivity contribution >= 4 is 17.1 Å². The van der Waals surface area contributed by atoms with Crippen LogP contribution in [0.25, 0.3) is 0 Å². The molecule has 3 rings (SSSR count). The molecule has 0 atom stereocenters. The van der Waals surface area contributed by atoms with E-state index in [0.29, 0.717) is 18.0 Å². The number of benzene rings is 3. The Kier molecular flexibility index (Phi) is 4.80. The first-order valence-electron chi connectivity index (χ1n) is 7.63. The van der Waals surface area contributed by atoms with Crippen LogP contribution in [0.15, 0.2) is 72.8 Å². The number of rotatable bonds is 6. The smallest absolute Gasteiger partial charge is 0.292 e. The molecule has 0 fully saturated rings. The van der Waals surface area contributed by atoms with Gasteiger partial charge in [-0.15, -0.1) is 0 Å². The van der Waals surface area contributed by atoms with Crippen molar-refractivity contribution in [3.63, 3.8) is 0 Å². The summed E-state index contributed by atoms with van der Waals surface area (Å²) in [4.78, 5) is 10.6. The van der Waals surface area contributed by atoms with Crippen LogP contribution in [0.1, 0.15) is 5.56 Å². The number of phenols is 1. The molecule has 126 valence electrons. The minimum Gasteiger partial charge on any atom is -0.508 e. The van der Waals surface area contributed by atoms with E-state index in [4.69, 9.17) is 4.74 Å². The van der Waals surface area contributed by atoms with Gasteiger partial charge in [-0.1, -0.05) is 30.3 Å². The molecule has 0 saturated carbocycles. The van der Waals surface area contributed by atoms with Gasteiger partial charge < -0.3 is 15.2 Å². The lowest BCUT2D eigenvalue weighted by atomic mass is 10.2. The molecule has 2 N–H and O–H groups in total. The van der Waals surface area contributed by atoms with Gasteiger partial charge in [-0.25, -0.2) is 0 Å². The normalized spacial score (nSPS) is 10.2. The number of nitro benzene ring substituents is 1. The topological polar surface area (TPSA) is 84.6 Å². The van der Waals surface area contributed by atoms with Gasteiger partial charge in [0, 0.05) is 17.8 Å². The summed E-state index contributed by atoms with van der Waals surface area (Å²) in [5.74, 6) is 0.649. The molecule has 25 heavy (non-hydrogen) atoms. The zero-order chi connectivity index (χ0) is 17.6. The standard InChI is InChI=1S/C19H16N2O4/c22-16-8-11-19(21(23)24)18(12-16)20-15-6-9-17(10-7-15)25-13-14-4-2-1-3-5-14/h1-12,20,22H,13H2. The highest BCUT2D eigenvalue weighted by molar-refractivity contribution is 5.71. The average Bonchev–Trinajstić information content (AvgIpc) is 2.62. The summed E-state index contributed by atoms with van der Waals surface area (Å²) >= 11 is 0. The van der Waals surface area contributed by atoms with E-state index in [2.05, 4.69) is 5.32 Å². The maximum Gasteiger partial charge on any atom is 0.292 e. The van der Waals surface area contributed by atoms with Crippen molar-refractivity contribution in [2.45, 2.75) is 6.61 Å². The number of hydrogen-bond donors (Lipinski definition) is 2. The number of ether oxygens (including phenoxy) is 1. The van der Waals surface area contributed by atoms with Crippen molar-refractivity contribution in [1.29, 1.82) is 0 Å². The summed E-state index contributed by atoms with van der Waals surface area (Å²) in [6, 6.07) is 20.7. The number of anilines is 2. The Morgan fingerprint density at radius 1 is 1.00 bits per heavy atom. The van der Waals surface area contributed by atoms with E-state index in [1.807, 2.05) is 30.3 Å². The molecule has 0 heterocycles. The lowest BCUT2D eigenvalue weighted by Gasteiger charge is -2.10. The van der Waals surface area contributed by atoms with Gasteiger partial charge in [-0.2, -0.15) is 0 Å². The van der Waals surface area contributed by atoms with Gasteiger partial charge in [0.05, 0.1) is 4.92 Å². The zero-order valence-electron chi connectivity index (χ0n) is 13.3. The summed E-state index contributed by atoms with van der Waals surface area (Å²) in [6.45, 7) is 0.464. The Balaban J connectivity index is 1.69. The summed E-state index contributed by atoms with van der Waals surface area (Å²) in [5.41, 5.74) is 1.84. The highest BCUT2D eigenvalue weighted by atomic mass is 16.6. The van der Waals surface area contributed by atoms with Gasteiger partial charge in [0.15, 0.2) is 0 Å². The molecule has 3 aromatic carbocycles. The van der Waals surface area contributed by atoms with Crippen LogP contribution in [-0.2, 0) is 6.61 Å².